The van der Waals surface area contributed by atoms with Crippen LogP contribution in [0.1, 0.15) is 23.9 Å². The van der Waals surface area contributed by atoms with Crippen LogP contribution in [0.5, 0.6) is 0 Å². The van der Waals surface area contributed by atoms with Crippen molar-refractivity contribution >= 4 is 12.4 Å². The van der Waals surface area contributed by atoms with Gasteiger partial charge < -0.3 is 9.73 Å². The minimum atomic E-state index is 0. The maximum atomic E-state index is 5.25. The summed E-state index contributed by atoms with van der Waals surface area (Å²) in [7, 11) is 0. The quantitative estimate of drug-likeness (QED) is 0.893. The maximum Gasteiger partial charge on any atom is 0.117 e. The van der Waals surface area contributed by atoms with E-state index < -0.39 is 0 Å². The van der Waals surface area contributed by atoms with E-state index in [2.05, 4.69) is 24.3 Å². The number of aryl methyl sites for hydroxylation is 2. The van der Waals surface area contributed by atoms with Gasteiger partial charge in [-0.2, -0.15) is 5.10 Å². The summed E-state index contributed by atoms with van der Waals surface area (Å²) < 4.78 is 7.27. The van der Waals surface area contributed by atoms with E-state index in [1.54, 1.807) is 6.26 Å². The first kappa shape index (κ1) is 13.8. The summed E-state index contributed by atoms with van der Waals surface area (Å²) in [4.78, 5) is 0. The summed E-state index contributed by atoms with van der Waals surface area (Å²) in [6, 6.07) is 3.87. The third-order valence-corrected chi connectivity index (χ3v) is 2.63. The normalized spacial score (nSPS) is 10.2. The lowest BCUT2D eigenvalue weighted by atomic mass is 10.2. The van der Waals surface area contributed by atoms with Gasteiger partial charge in [0.1, 0.15) is 5.76 Å². The van der Waals surface area contributed by atoms with E-state index >= 15 is 0 Å². The van der Waals surface area contributed by atoms with Gasteiger partial charge in [-0.15, -0.1) is 12.4 Å². The highest BCUT2D eigenvalue weighted by atomic mass is 35.5. The number of nitrogens with one attached hydrogen (secondary N) is 1. The Hall–Kier alpha value is -1.26. The van der Waals surface area contributed by atoms with E-state index in [4.69, 9.17) is 4.42 Å². The molecule has 1 N–H and O–H groups in total. The zero-order valence-electron chi connectivity index (χ0n) is 10.1. The van der Waals surface area contributed by atoms with Crippen LogP contribution in [0.25, 0.3) is 0 Å². The molecule has 0 saturated heterocycles. The van der Waals surface area contributed by atoms with Crippen LogP contribution in [-0.2, 0) is 19.6 Å². The van der Waals surface area contributed by atoms with Crippen LogP contribution in [0.2, 0.25) is 0 Å². The largest absolute Gasteiger partial charge is 0.468 e. The van der Waals surface area contributed by atoms with Crippen molar-refractivity contribution in [2.24, 2.45) is 0 Å². The Labute approximate surface area is 107 Å². The van der Waals surface area contributed by atoms with E-state index in [1.807, 2.05) is 23.0 Å². The zero-order chi connectivity index (χ0) is 11.4. The number of halogens is 1. The number of nitrogens with zero attached hydrogens (tertiary/aromatic N) is 2. The van der Waals surface area contributed by atoms with Gasteiger partial charge in [-0.25, -0.2) is 0 Å². The van der Waals surface area contributed by atoms with E-state index in [1.165, 1.54) is 11.3 Å². The van der Waals surface area contributed by atoms with Gasteiger partial charge in [-0.05, 0) is 31.5 Å². The lowest BCUT2D eigenvalue weighted by Crippen LogP contribution is -2.16. The van der Waals surface area contributed by atoms with Gasteiger partial charge in [0.25, 0.3) is 0 Å². The molecule has 0 bridgehead atoms. The first-order valence-corrected chi connectivity index (χ1v) is 5.55. The van der Waals surface area contributed by atoms with Gasteiger partial charge in [0, 0.05) is 13.1 Å². The average molecular weight is 256 g/mol. The third kappa shape index (κ3) is 3.35. The molecule has 0 aliphatic rings. The molecular formula is C12H18ClN3O. The molecule has 94 valence electrons. The monoisotopic (exact) mass is 255 g/mol. The Balaban J connectivity index is 0.00000144. The molecule has 4 nitrogen and oxygen atoms in total. The van der Waals surface area contributed by atoms with Crippen molar-refractivity contribution < 1.29 is 4.42 Å². The molecule has 0 amide bonds. The van der Waals surface area contributed by atoms with Crippen LogP contribution in [0, 0.1) is 6.92 Å². The average Bonchev–Trinajstić information content (AvgIpc) is 2.90. The molecule has 0 radical (unpaired) electrons. The molecule has 0 atom stereocenters. The second kappa shape index (κ2) is 6.47. The first-order valence-electron chi connectivity index (χ1n) is 5.55. The maximum absolute atomic E-state index is 5.25. The van der Waals surface area contributed by atoms with Crippen molar-refractivity contribution in [2.45, 2.75) is 33.5 Å². The van der Waals surface area contributed by atoms with Crippen molar-refractivity contribution in [3.8, 4) is 0 Å². The minimum Gasteiger partial charge on any atom is -0.468 e. The fourth-order valence-corrected chi connectivity index (χ4v) is 1.72. The Morgan fingerprint density at radius 1 is 1.41 bits per heavy atom. The van der Waals surface area contributed by atoms with Crippen LogP contribution in [-0.4, -0.2) is 9.78 Å². The number of aromatic nitrogens is 2. The third-order valence-electron chi connectivity index (χ3n) is 2.63. The highest BCUT2D eigenvalue weighted by Gasteiger charge is 2.05. The molecular weight excluding hydrogens is 238 g/mol. The first-order chi connectivity index (χ1) is 7.81. The van der Waals surface area contributed by atoms with Gasteiger partial charge in [0.2, 0.25) is 0 Å². The van der Waals surface area contributed by atoms with Crippen molar-refractivity contribution in [2.75, 3.05) is 0 Å². The smallest absolute Gasteiger partial charge is 0.117 e. The van der Waals surface area contributed by atoms with Crippen LogP contribution in [0.3, 0.4) is 0 Å². The van der Waals surface area contributed by atoms with Crippen molar-refractivity contribution in [1.29, 1.82) is 0 Å². The number of hydrogen-bond donors (Lipinski definition) is 1. The molecule has 17 heavy (non-hydrogen) atoms. The molecule has 2 aromatic rings. The van der Waals surface area contributed by atoms with E-state index in [9.17, 15) is 0 Å². The highest BCUT2D eigenvalue weighted by molar-refractivity contribution is 5.85. The van der Waals surface area contributed by atoms with Crippen molar-refractivity contribution in [3.05, 3.63) is 41.6 Å². The van der Waals surface area contributed by atoms with Crippen LogP contribution in [0.4, 0.5) is 0 Å². The fourth-order valence-electron chi connectivity index (χ4n) is 1.72. The van der Waals surface area contributed by atoms with E-state index in [0.29, 0.717) is 0 Å². The summed E-state index contributed by atoms with van der Waals surface area (Å²) in [5.41, 5.74) is 2.47. The fraction of sp³-hybridized carbons (Fsp3) is 0.417. The lowest BCUT2D eigenvalue weighted by Gasteiger charge is -2.07. The molecule has 5 heteroatoms. The Bertz CT molecular complexity index is 437. The van der Waals surface area contributed by atoms with Gasteiger partial charge in [-0.3, -0.25) is 4.68 Å². The Morgan fingerprint density at radius 2 is 2.24 bits per heavy atom. The standard InChI is InChI=1S/C12H17N3O.ClH/c1-3-15-12(10(2)7-14-15)9-13-8-11-5-4-6-16-11;/h4-7,13H,3,8-9H2,1-2H3;1H. The minimum absolute atomic E-state index is 0. The second-order valence-electron chi connectivity index (χ2n) is 3.77. The summed E-state index contributed by atoms with van der Waals surface area (Å²) in [5.74, 6) is 0.959. The summed E-state index contributed by atoms with van der Waals surface area (Å²) >= 11 is 0. The van der Waals surface area contributed by atoms with Gasteiger partial charge in [0.15, 0.2) is 0 Å². The number of furan rings is 1. The van der Waals surface area contributed by atoms with Crippen LogP contribution in [0.15, 0.2) is 29.0 Å². The zero-order valence-corrected chi connectivity index (χ0v) is 11.0. The molecule has 0 aliphatic carbocycles. The second-order valence-corrected chi connectivity index (χ2v) is 3.77. The summed E-state index contributed by atoms with van der Waals surface area (Å²) in [6.45, 7) is 6.67. The molecule has 0 unspecified atom stereocenters. The Kier molecular flexibility index (Phi) is 5.25. The van der Waals surface area contributed by atoms with Crippen LogP contribution >= 0.6 is 12.4 Å². The molecule has 0 fully saturated rings. The van der Waals surface area contributed by atoms with Crippen molar-refractivity contribution in [1.82, 2.24) is 15.1 Å². The molecule has 2 heterocycles. The lowest BCUT2D eigenvalue weighted by molar-refractivity contribution is 0.476. The molecule has 2 rings (SSSR count). The number of rotatable bonds is 5. The predicted molar refractivity (Wildman–Crippen MR) is 69.1 cm³/mol. The molecule has 0 spiro atoms. The summed E-state index contributed by atoms with van der Waals surface area (Å²) in [5, 5.41) is 7.65. The van der Waals surface area contributed by atoms with E-state index in [-0.39, 0.29) is 12.4 Å². The molecule has 0 saturated carbocycles. The van der Waals surface area contributed by atoms with Crippen molar-refractivity contribution in [3.63, 3.8) is 0 Å². The van der Waals surface area contributed by atoms with E-state index in [0.717, 1.165) is 25.4 Å². The van der Waals surface area contributed by atoms with Gasteiger partial charge >= 0.3 is 0 Å². The number of hydrogen-bond acceptors (Lipinski definition) is 3. The molecule has 0 aromatic carbocycles. The summed E-state index contributed by atoms with van der Waals surface area (Å²) in [6.07, 6.45) is 3.60. The van der Waals surface area contributed by atoms with Gasteiger partial charge in [0.05, 0.1) is 24.7 Å². The molecule has 0 aliphatic heterocycles. The predicted octanol–water partition coefficient (Wildman–Crippen LogP) is 2.52. The topological polar surface area (TPSA) is 43.0 Å². The Morgan fingerprint density at radius 3 is 2.88 bits per heavy atom. The SMILES string of the molecule is CCn1ncc(C)c1CNCc1ccco1.Cl. The van der Waals surface area contributed by atoms with Crippen LogP contribution < -0.4 is 5.32 Å². The molecule has 2 aromatic heterocycles. The van der Waals surface area contributed by atoms with Gasteiger partial charge in [-0.1, -0.05) is 0 Å². The highest BCUT2D eigenvalue weighted by Crippen LogP contribution is 2.07.